The van der Waals surface area contributed by atoms with Gasteiger partial charge in [-0.3, -0.25) is 0 Å². The molecular weight excluding hydrogens is 544 g/mol. The van der Waals surface area contributed by atoms with Gasteiger partial charge >= 0.3 is 0 Å². The molecule has 1 aromatic heterocycles. The first-order chi connectivity index (χ1) is 25.7. The second kappa shape index (κ2) is 10.4. The molecule has 1 nitrogen and oxygen atoms in total. The van der Waals surface area contributed by atoms with Crippen molar-refractivity contribution in [3.63, 3.8) is 0 Å². The average Bonchev–Trinajstić information content (AvgIpc) is 3.58. The van der Waals surface area contributed by atoms with Gasteiger partial charge in [0.1, 0.15) is 11.2 Å². The van der Waals surface area contributed by atoms with Crippen LogP contribution < -0.4 is 0 Å². The highest BCUT2D eigenvalue weighted by Crippen LogP contribution is 2.50. The van der Waals surface area contributed by atoms with E-state index in [1.54, 1.807) is 0 Å². The molecule has 0 aliphatic carbocycles. The number of furan rings is 1. The number of fused-ring (bicyclic) bond motifs is 5. The minimum absolute atomic E-state index is 0.163. The summed E-state index contributed by atoms with van der Waals surface area (Å²) in [6, 6.07) is 35.1. The topological polar surface area (TPSA) is 13.1 Å². The van der Waals surface area contributed by atoms with E-state index in [4.69, 9.17) is 9.90 Å². The van der Waals surface area contributed by atoms with Crippen molar-refractivity contribution in [3.05, 3.63) is 170 Å². The van der Waals surface area contributed by atoms with Crippen molar-refractivity contribution in [2.75, 3.05) is 0 Å². The van der Waals surface area contributed by atoms with E-state index >= 15 is 0 Å². The molecule has 9 aromatic rings. The number of hydrogen-bond acceptors (Lipinski definition) is 1. The Morgan fingerprint density at radius 3 is 1.51 bits per heavy atom. The van der Waals surface area contributed by atoms with E-state index < -0.39 is 24.2 Å². The van der Waals surface area contributed by atoms with Crippen LogP contribution in [0.3, 0.4) is 0 Å². The molecule has 9 rings (SSSR count). The molecule has 0 unspecified atom stereocenters. The Kier molecular flexibility index (Phi) is 4.30. The zero-order chi connectivity index (χ0) is 36.7. The highest BCUT2D eigenvalue weighted by Gasteiger charge is 2.23. The second-order valence-corrected chi connectivity index (χ2v) is 11.0. The van der Waals surface area contributed by atoms with Gasteiger partial charge in [0, 0.05) is 16.3 Å². The van der Waals surface area contributed by atoms with Crippen molar-refractivity contribution in [3.8, 4) is 44.5 Å². The van der Waals surface area contributed by atoms with Crippen LogP contribution in [0.15, 0.2) is 174 Å². The van der Waals surface area contributed by atoms with Gasteiger partial charge in [-0.05, 0) is 78.7 Å². The molecule has 0 saturated heterocycles. The van der Waals surface area contributed by atoms with Crippen LogP contribution in [0, 0.1) is 0 Å². The Hall–Kier alpha value is -5.92. The van der Waals surface area contributed by atoms with Crippen LogP contribution in [0.5, 0.6) is 0 Å². The lowest BCUT2D eigenvalue weighted by Gasteiger charge is -2.21. The first-order valence-corrected chi connectivity index (χ1v) is 14.8. The number of hydrogen-bond donors (Lipinski definition) is 0. The van der Waals surface area contributed by atoms with Gasteiger partial charge in [0.05, 0.1) is 11.0 Å². The SMILES string of the molecule is [2H]c1c([2H])c([2H])c2c(-c3ccc4oc5ccccc5c4c3-c3ccccc3)c3c([2H])c([2H])c([2H])c([2H])c3c(-c3ccccc3-c3ccccc3)c2c1[2H]. The molecule has 1 heterocycles. The lowest BCUT2D eigenvalue weighted by atomic mass is 9.81. The molecule has 0 N–H and O–H groups in total. The first kappa shape index (κ1) is 18.7. The summed E-state index contributed by atoms with van der Waals surface area (Å²) in [7, 11) is 0. The Morgan fingerprint density at radius 2 is 0.867 bits per heavy atom. The monoisotopic (exact) mass is 580 g/mol. The van der Waals surface area contributed by atoms with Crippen molar-refractivity contribution < 1.29 is 15.4 Å². The van der Waals surface area contributed by atoms with Gasteiger partial charge < -0.3 is 4.42 Å². The highest BCUT2D eigenvalue weighted by molar-refractivity contribution is 6.25. The second-order valence-electron chi connectivity index (χ2n) is 11.0. The molecule has 0 bridgehead atoms. The molecular formula is C44H28O. The van der Waals surface area contributed by atoms with Crippen molar-refractivity contribution in [1.82, 2.24) is 0 Å². The average molecular weight is 581 g/mol. The standard InChI is InChI=1S/C44H28O/c1-3-15-29(16-4-1)31-19-7-8-20-32(31)42-33-21-9-11-23-35(33)43(36-24-12-10-22-34(36)42)38-27-28-40-44(37-25-13-14-26-39(37)45-40)41(38)30-17-5-2-6-18-30/h1-28H/i9D,10D,11D,12D,21D,22D,23D,24D. The lowest BCUT2D eigenvalue weighted by Crippen LogP contribution is -1.94. The molecule has 0 amide bonds. The van der Waals surface area contributed by atoms with Crippen LogP contribution in [0.2, 0.25) is 0 Å². The number of benzene rings is 8. The molecule has 45 heavy (non-hydrogen) atoms. The molecule has 0 saturated carbocycles. The third-order valence-electron chi connectivity index (χ3n) is 8.53. The van der Waals surface area contributed by atoms with Gasteiger partial charge in [-0.15, -0.1) is 0 Å². The molecule has 1 heteroatoms. The van der Waals surface area contributed by atoms with Crippen LogP contribution in [-0.2, 0) is 0 Å². The van der Waals surface area contributed by atoms with Crippen LogP contribution in [-0.4, -0.2) is 0 Å². The Balaban J connectivity index is 1.60. The van der Waals surface area contributed by atoms with Crippen molar-refractivity contribution in [2.45, 2.75) is 0 Å². The summed E-state index contributed by atoms with van der Waals surface area (Å²) in [6.45, 7) is 0. The summed E-state index contributed by atoms with van der Waals surface area (Å²) in [5, 5.41) is 2.29. The lowest BCUT2D eigenvalue weighted by molar-refractivity contribution is 0.669. The van der Waals surface area contributed by atoms with E-state index in [1.165, 1.54) is 0 Å². The van der Waals surface area contributed by atoms with Crippen LogP contribution in [0.1, 0.15) is 11.0 Å². The van der Waals surface area contributed by atoms with Crippen LogP contribution >= 0.6 is 0 Å². The van der Waals surface area contributed by atoms with Gasteiger partial charge in [-0.25, -0.2) is 0 Å². The van der Waals surface area contributed by atoms with Gasteiger partial charge in [0.25, 0.3) is 0 Å². The largest absolute Gasteiger partial charge is 0.456 e. The molecule has 0 radical (unpaired) electrons. The predicted octanol–water partition coefficient (Wildman–Crippen LogP) is 12.6. The molecule has 0 spiro atoms. The quantitative estimate of drug-likeness (QED) is 0.189. The molecule has 0 atom stereocenters. The maximum absolute atomic E-state index is 9.53. The Labute approximate surface area is 272 Å². The Morgan fingerprint density at radius 1 is 0.356 bits per heavy atom. The van der Waals surface area contributed by atoms with Crippen molar-refractivity contribution in [2.24, 2.45) is 0 Å². The van der Waals surface area contributed by atoms with Crippen molar-refractivity contribution >= 4 is 43.5 Å². The third-order valence-corrected chi connectivity index (χ3v) is 8.53. The van der Waals surface area contributed by atoms with Gasteiger partial charge in [-0.2, -0.15) is 0 Å². The van der Waals surface area contributed by atoms with Gasteiger partial charge in [0.2, 0.25) is 0 Å². The maximum Gasteiger partial charge on any atom is 0.136 e. The molecule has 0 fully saturated rings. The van der Waals surface area contributed by atoms with Crippen LogP contribution in [0.4, 0.5) is 0 Å². The predicted molar refractivity (Wildman–Crippen MR) is 190 cm³/mol. The fourth-order valence-electron chi connectivity index (χ4n) is 6.66. The molecule has 210 valence electrons. The fraction of sp³-hybridized carbons (Fsp3) is 0. The molecule has 8 aromatic carbocycles. The minimum Gasteiger partial charge on any atom is -0.456 e. The van der Waals surface area contributed by atoms with E-state index in [-0.39, 0.29) is 45.7 Å². The van der Waals surface area contributed by atoms with Crippen molar-refractivity contribution in [1.29, 1.82) is 0 Å². The Bertz CT molecular complexity index is 2890. The van der Waals surface area contributed by atoms with E-state index in [9.17, 15) is 5.48 Å². The summed E-state index contributed by atoms with van der Waals surface area (Å²) >= 11 is 0. The molecule has 0 aliphatic heterocycles. The van der Waals surface area contributed by atoms with E-state index in [2.05, 4.69) is 0 Å². The first-order valence-electron chi connectivity index (χ1n) is 18.8. The third kappa shape index (κ3) is 4.02. The van der Waals surface area contributed by atoms with E-state index in [1.807, 2.05) is 121 Å². The van der Waals surface area contributed by atoms with E-state index in [0.717, 1.165) is 27.5 Å². The van der Waals surface area contributed by atoms with Gasteiger partial charge in [0.15, 0.2) is 0 Å². The number of rotatable bonds is 4. The van der Waals surface area contributed by atoms with E-state index in [0.29, 0.717) is 39.0 Å². The maximum atomic E-state index is 9.53. The zero-order valence-corrected chi connectivity index (χ0v) is 24.0. The minimum atomic E-state index is -0.442. The summed E-state index contributed by atoms with van der Waals surface area (Å²) in [5.74, 6) is 0. The fourth-order valence-corrected chi connectivity index (χ4v) is 6.66. The number of para-hydroxylation sites is 1. The summed E-state index contributed by atoms with van der Waals surface area (Å²) in [5.41, 5.74) is 6.13. The normalized spacial score (nSPS) is 14.0. The summed E-state index contributed by atoms with van der Waals surface area (Å²) < 4.78 is 80.0. The highest BCUT2D eigenvalue weighted by atomic mass is 16.3. The van der Waals surface area contributed by atoms with Gasteiger partial charge in [-0.1, -0.05) is 151 Å². The smallest absolute Gasteiger partial charge is 0.136 e. The summed E-state index contributed by atoms with van der Waals surface area (Å²) in [6.07, 6.45) is 0. The zero-order valence-electron chi connectivity index (χ0n) is 32.0. The van der Waals surface area contributed by atoms with Crippen LogP contribution in [0.25, 0.3) is 88.0 Å². The molecule has 0 aliphatic rings. The summed E-state index contributed by atoms with van der Waals surface area (Å²) in [4.78, 5) is 0.